The minimum absolute atomic E-state index is 0.152. The molecule has 0 saturated carbocycles. The Labute approximate surface area is 188 Å². The molecule has 32 heavy (non-hydrogen) atoms. The number of fused-ring (bicyclic) bond motifs is 2. The number of carbonyl (C=O) groups is 1. The molecule has 1 N–H and O–H groups in total. The number of aromatic nitrogens is 2. The zero-order valence-corrected chi connectivity index (χ0v) is 19.1. The highest BCUT2D eigenvalue weighted by atomic mass is 16.5. The lowest BCUT2D eigenvalue weighted by Gasteiger charge is -2.15. The quantitative estimate of drug-likeness (QED) is 0.431. The van der Waals surface area contributed by atoms with Crippen molar-refractivity contribution in [2.75, 3.05) is 27.2 Å². The average Bonchev–Trinajstić information content (AvgIpc) is 3.14. The molecule has 4 aromatic rings. The number of likely N-dealkylation sites (N-methyl/N-ethyl adjacent to an activating group) is 1. The van der Waals surface area contributed by atoms with Crippen LogP contribution >= 0.6 is 0 Å². The monoisotopic (exact) mass is 430 g/mol. The molecule has 4 rings (SSSR count). The van der Waals surface area contributed by atoms with E-state index in [0.29, 0.717) is 23.8 Å². The Morgan fingerprint density at radius 3 is 2.62 bits per heavy atom. The van der Waals surface area contributed by atoms with E-state index in [-0.39, 0.29) is 5.91 Å². The van der Waals surface area contributed by atoms with Gasteiger partial charge in [0, 0.05) is 30.4 Å². The van der Waals surface area contributed by atoms with Crippen molar-refractivity contribution in [3.63, 3.8) is 0 Å². The van der Waals surface area contributed by atoms with Gasteiger partial charge in [-0.05, 0) is 43.6 Å². The molecule has 0 aliphatic rings. The second-order valence-electron chi connectivity index (χ2n) is 8.77. The molecule has 0 spiro atoms. The summed E-state index contributed by atoms with van der Waals surface area (Å²) in [6, 6.07) is 17.8. The van der Waals surface area contributed by atoms with E-state index in [9.17, 15) is 4.79 Å². The molecule has 0 atom stereocenters. The molecule has 1 heterocycles. The lowest BCUT2D eigenvalue weighted by molar-refractivity contribution is 0.0949. The minimum Gasteiger partial charge on any atom is -0.456 e. The van der Waals surface area contributed by atoms with Gasteiger partial charge >= 0.3 is 0 Å². The SMILES string of the molecule is CC(C)Cn1ncc2cc(Oc3cccc4ccccc34)c(C(=O)NCCN(C)C)cc21. The van der Waals surface area contributed by atoms with Gasteiger partial charge in [0.1, 0.15) is 11.5 Å². The molecular weight excluding hydrogens is 400 g/mol. The van der Waals surface area contributed by atoms with Crippen molar-refractivity contribution in [3.8, 4) is 11.5 Å². The normalized spacial score (nSPS) is 11.6. The number of ether oxygens (including phenoxy) is 1. The van der Waals surface area contributed by atoms with Gasteiger partial charge in [0.25, 0.3) is 5.91 Å². The van der Waals surface area contributed by atoms with Crippen LogP contribution in [-0.2, 0) is 6.54 Å². The van der Waals surface area contributed by atoms with E-state index >= 15 is 0 Å². The Kier molecular flexibility index (Phi) is 6.42. The van der Waals surface area contributed by atoms with Crippen molar-refractivity contribution in [2.24, 2.45) is 5.92 Å². The van der Waals surface area contributed by atoms with Crippen molar-refractivity contribution < 1.29 is 9.53 Å². The lowest BCUT2D eigenvalue weighted by Crippen LogP contribution is -2.31. The largest absolute Gasteiger partial charge is 0.456 e. The first-order chi connectivity index (χ1) is 15.4. The van der Waals surface area contributed by atoms with Crippen molar-refractivity contribution in [2.45, 2.75) is 20.4 Å². The van der Waals surface area contributed by atoms with Gasteiger partial charge in [-0.1, -0.05) is 50.2 Å². The van der Waals surface area contributed by atoms with Crippen LogP contribution in [0.5, 0.6) is 11.5 Å². The Bertz CT molecular complexity index is 1240. The summed E-state index contributed by atoms with van der Waals surface area (Å²) in [6.45, 7) is 6.41. The number of nitrogens with one attached hydrogen (secondary N) is 1. The third-order valence-electron chi connectivity index (χ3n) is 5.34. The Morgan fingerprint density at radius 2 is 1.84 bits per heavy atom. The smallest absolute Gasteiger partial charge is 0.255 e. The van der Waals surface area contributed by atoms with Gasteiger partial charge in [-0.25, -0.2) is 0 Å². The fourth-order valence-electron chi connectivity index (χ4n) is 3.75. The van der Waals surface area contributed by atoms with Crippen LogP contribution in [0.2, 0.25) is 0 Å². The van der Waals surface area contributed by atoms with Crippen LogP contribution in [0.3, 0.4) is 0 Å². The first-order valence-electron chi connectivity index (χ1n) is 11.0. The van der Waals surface area contributed by atoms with Gasteiger partial charge in [0.05, 0.1) is 17.3 Å². The van der Waals surface area contributed by atoms with Gasteiger partial charge in [-0.3, -0.25) is 9.48 Å². The predicted molar refractivity (Wildman–Crippen MR) is 129 cm³/mol. The average molecular weight is 431 g/mol. The Balaban J connectivity index is 1.76. The molecule has 0 aliphatic carbocycles. The molecule has 0 saturated heterocycles. The van der Waals surface area contributed by atoms with E-state index in [2.05, 4.69) is 36.4 Å². The maximum Gasteiger partial charge on any atom is 0.255 e. The number of amides is 1. The fraction of sp³-hybridized carbons (Fsp3) is 0.308. The van der Waals surface area contributed by atoms with Crippen LogP contribution in [-0.4, -0.2) is 47.8 Å². The molecule has 0 radical (unpaired) electrons. The summed E-state index contributed by atoms with van der Waals surface area (Å²) in [5.41, 5.74) is 1.44. The zero-order valence-electron chi connectivity index (χ0n) is 19.1. The topological polar surface area (TPSA) is 59.4 Å². The minimum atomic E-state index is -0.152. The third kappa shape index (κ3) is 4.75. The van der Waals surface area contributed by atoms with Crippen LogP contribution in [0.15, 0.2) is 60.8 Å². The lowest BCUT2D eigenvalue weighted by atomic mass is 10.1. The molecule has 0 fully saturated rings. The van der Waals surface area contributed by atoms with E-state index in [1.54, 1.807) is 0 Å². The summed E-state index contributed by atoms with van der Waals surface area (Å²) in [6.07, 6.45) is 1.83. The zero-order chi connectivity index (χ0) is 22.7. The van der Waals surface area contributed by atoms with Gasteiger partial charge in [-0.15, -0.1) is 0 Å². The molecular formula is C26H30N4O2. The molecule has 0 unspecified atom stereocenters. The molecule has 0 aliphatic heterocycles. The molecule has 6 heteroatoms. The van der Waals surface area contributed by atoms with E-state index in [4.69, 9.17) is 4.74 Å². The van der Waals surface area contributed by atoms with Gasteiger partial charge < -0.3 is 15.0 Å². The number of carbonyl (C=O) groups excluding carboxylic acids is 1. The predicted octanol–water partition coefficient (Wildman–Crippen LogP) is 4.93. The second kappa shape index (κ2) is 9.40. The van der Waals surface area contributed by atoms with Gasteiger partial charge in [0.2, 0.25) is 0 Å². The highest BCUT2D eigenvalue weighted by molar-refractivity contribution is 6.01. The molecule has 0 bridgehead atoms. The van der Waals surface area contributed by atoms with Crippen LogP contribution in [0.4, 0.5) is 0 Å². The first-order valence-corrected chi connectivity index (χ1v) is 11.0. The summed E-state index contributed by atoms with van der Waals surface area (Å²) in [5, 5.41) is 10.6. The van der Waals surface area contributed by atoms with E-state index in [1.807, 2.05) is 72.3 Å². The van der Waals surface area contributed by atoms with Crippen LogP contribution < -0.4 is 10.1 Å². The molecule has 166 valence electrons. The van der Waals surface area contributed by atoms with E-state index < -0.39 is 0 Å². The van der Waals surface area contributed by atoms with E-state index in [0.717, 1.165) is 40.5 Å². The highest BCUT2D eigenvalue weighted by Gasteiger charge is 2.18. The number of rotatable bonds is 8. The maximum absolute atomic E-state index is 13.2. The summed E-state index contributed by atoms with van der Waals surface area (Å²) >= 11 is 0. The number of benzene rings is 3. The summed E-state index contributed by atoms with van der Waals surface area (Å²) in [7, 11) is 3.97. The Morgan fingerprint density at radius 1 is 1.06 bits per heavy atom. The van der Waals surface area contributed by atoms with Crippen LogP contribution in [0.25, 0.3) is 21.7 Å². The summed E-state index contributed by atoms with van der Waals surface area (Å²) < 4.78 is 8.32. The molecule has 1 amide bonds. The Hall–Kier alpha value is -3.38. The molecule has 1 aromatic heterocycles. The van der Waals surface area contributed by atoms with Crippen LogP contribution in [0, 0.1) is 5.92 Å². The summed E-state index contributed by atoms with van der Waals surface area (Å²) in [4.78, 5) is 15.2. The summed E-state index contributed by atoms with van der Waals surface area (Å²) in [5.74, 6) is 1.54. The van der Waals surface area contributed by atoms with Gasteiger partial charge in [-0.2, -0.15) is 5.10 Å². The second-order valence-corrected chi connectivity index (χ2v) is 8.77. The van der Waals surface area contributed by atoms with E-state index in [1.165, 1.54) is 0 Å². The van der Waals surface area contributed by atoms with Crippen molar-refractivity contribution in [1.29, 1.82) is 0 Å². The van der Waals surface area contributed by atoms with Crippen LogP contribution in [0.1, 0.15) is 24.2 Å². The van der Waals surface area contributed by atoms with Crippen molar-refractivity contribution in [1.82, 2.24) is 20.0 Å². The molecule has 6 nitrogen and oxygen atoms in total. The standard InChI is InChI=1S/C26H30N4O2/c1-18(2)17-30-23-15-22(26(31)27-12-13-29(3)4)25(14-20(23)16-28-30)32-24-11-7-9-19-8-5-6-10-21(19)24/h5-11,14-16,18H,12-13,17H2,1-4H3,(H,27,31). The first kappa shape index (κ1) is 21.8. The number of hydrogen-bond acceptors (Lipinski definition) is 4. The van der Waals surface area contributed by atoms with Crippen molar-refractivity contribution in [3.05, 3.63) is 66.4 Å². The number of hydrogen-bond donors (Lipinski definition) is 1. The van der Waals surface area contributed by atoms with Crippen molar-refractivity contribution >= 4 is 27.6 Å². The maximum atomic E-state index is 13.2. The molecule has 3 aromatic carbocycles. The fourth-order valence-corrected chi connectivity index (χ4v) is 3.75. The number of nitrogens with zero attached hydrogens (tertiary/aromatic N) is 3. The highest BCUT2D eigenvalue weighted by Crippen LogP contribution is 2.34. The third-order valence-corrected chi connectivity index (χ3v) is 5.34. The van der Waals surface area contributed by atoms with Gasteiger partial charge in [0.15, 0.2) is 0 Å².